The molecule has 1 aliphatic heterocycles. The van der Waals surface area contributed by atoms with Crippen LogP contribution in [0.4, 0.5) is 0 Å². The highest BCUT2D eigenvalue weighted by Gasteiger charge is 2.38. The van der Waals surface area contributed by atoms with Gasteiger partial charge in [0.15, 0.2) is 5.79 Å². The largest absolute Gasteiger partial charge is 0.381 e. The monoisotopic (exact) mass is 264 g/mol. The quantitative estimate of drug-likeness (QED) is 0.817. The van der Waals surface area contributed by atoms with Gasteiger partial charge < -0.3 is 14.2 Å². The molecule has 3 atom stereocenters. The lowest BCUT2D eigenvalue weighted by Crippen LogP contribution is -2.46. The molecular formula is C16H24O3. The lowest BCUT2D eigenvalue weighted by molar-refractivity contribution is -0.277. The van der Waals surface area contributed by atoms with Crippen LogP contribution in [0, 0.1) is 0 Å². The van der Waals surface area contributed by atoms with E-state index in [1.807, 2.05) is 13.0 Å². The van der Waals surface area contributed by atoms with E-state index in [2.05, 4.69) is 24.3 Å². The zero-order valence-electron chi connectivity index (χ0n) is 12.1. The number of methoxy groups -OCH3 is 2. The van der Waals surface area contributed by atoms with Gasteiger partial charge in [-0.25, -0.2) is 0 Å². The van der Waals surface area contributed by atoms with Crippen LogP contribution >= 0.6 is 0 Å². The molecule has 0 spiro atoms. The van der Waals surface area contributed by atoms with Gasteiger partial charge in [0.05, 0.1) is 12.2 Å². The van der Waals surface area contributed by atoms with Gasteiger partial charge in [0.1, 0.15) is 0 Å². The van der Waals surface area contributed by atoms with Crippen molar-refractivity contribution in [1.29, 1.82) is 0 Å². The van der Waals surface area contributed by atoms with Crippen LogP contribution in [0.5, 0.6) is 0 Å². The van der Waals surface area contributed by atoms with Gasteiger partial charge in [-0.15, -0.1) is 0 Å². The molecule has 0 amide bonds. The highest BCUT2D eigenvalue weighted by molar-refractivity contribution is 5.14. The molecule has 0 unspecified atom stereocenters. The summed E-state index contributed by atoms with van der Waals surface area (Å²) >= 11 is 0. The number of rotatable bonds is 5. The van der Waals surface area contributed by atoms with Crippen LogP contribution in [0.15, 0.2) is 30.3 Å². The normalized spacial score (nSPS) is 31.3. The predicted octanol–water partition coefficient (Wildman–Crippen LogP) is 3.18. The maximum Gasteiger partial charge on any atom is 0.167 e. The van der Waals surface area contributed by atoms with Crippen LogP contribution in [0.25, 0.3) is 0 Å². The lowest BCUT2D eigenvalue weighted by atomic mass is 9.95. The number of hydrogen-bond donors (Lipinski definition) is 0. The molecule has 1 aromatic rings. The Balaban J connectivity index is 1.92. The van der Waals surface area contributed by atoms with Crippen molar-refractivity contribution in [3.63, 3.8) is 0 Å². The first-order chi connectivity index (χ1) is 9.15. The second-order valence-corrected chi connectivity index (χ2v) is 5.40. The highest BCUT2D eigenvalue weighted by Crippen LogP contribution is 2.32. The molecule has 0 aromatic heterocycles. The average Bonchev–Trinajstić information content (AvgIpc) is 2.46. The van der Waals surface area contributed by atoms with Crippen molar-refractivity contribution in [3.05, 3.63) is 35.9 Å². The molecule has 19 heavy (non-hydrogen) atoms. The molecule has 106 valence electrons. The summed E-state index contributed by atoms with van der Waals surface area (Å²) in [5.74, 6) is -0.514. The fourth-order valence-electron chi connectivity index (χ4n) is 2.70. The molecular weight excluding hydrogens is 240 g/mol. The van der Waals surface area contributed by atoms with Gasteiger partial charge in [-0.2, -0.15) is 0 Å². The minimum Gasteiger partial charge on any atom is -0.381 e. The lowest BCUT2D eigenvalue weighted by Gasteiger charge is -2.41. The SMILES string of the molecule is CO[C@H]1C[C@@H](CCc2ccccc2)O[C@](C)(OC)C1. The van der Waals surface area contributed by atoms with Crippen LogP contribution in [0.2, 0.25) is 0 Å². The van der Waals surface area contributed by atoms with Crippen molar-refractivity contribution in [2.24, 2.45) is 0 Å². The third-order valence-electron chi connectivity index (χ3n) is 3.90. The van der Waals surface area contributed by atoms with Gasteiger partial charge >= 0.3 is 0 Å². The smallest absolute Gasteiger partial charge is 0.167 e. The first kappa shape index (κ1) is 14.5. The van der Waals surface area contributed by atoms with Gasteiger partial charge in [-0.1, -0.05) is 30.3 Å². The molecule has 3 heteroatoms. The third kappa shape index (κ3) is 4.03. The Morgan fingerprint density at radius 3 is 2.63 bits per heavy atom. The number of aryl methyl sites for hydroxylation is 1. The number of benzene rings is 1. The summed E-state index contributed by atoms with van der Waals surface area (Å²) in [6.07, 6.45) is 4.19. The number of hydrogen-bond acceptors (Lipinski definition) is 3. The van der Waals surface area contributed by atoms with Crippen LogP contribution in [0.3, 0.4) is 0 Å². The molecule has 1 aromatic carbocycles. The summed E-state index contributed by atoms with van der Waals surface area (Å²) in [4.78, 5) is 0. The second kappa shape index (κ2) is 6.51. The maximum absolute atomic E-state index is 6.07. The average molecular weight is 264 g/mol. The molecule has 0 N–H and O–H groups in total. The van der Waals surface area contributed by atoms with Gasteiger partial charge in [-0.3, -0.25) is 0 Å². The topological polar surface area (TPSA) is 27.7 Å². The Kier molecular flexibility index (Phi) is 4.97. The first-order valence-corrected chi connectivity index (χ1v) is 6.95. The van der Waals surface area contributed by atoms with E-state index in [9.17, 15) is 0 Å². The van der Waals surface area contributed by atoms with Crippen LogP contribution < -0.4 is 0 Å². The Morgan fingerprint density at radius 2 is 2.00 bits per heavy atom. The fourth-order valence-corrected chi connectivity index (χ4v) is 2.70. The summed E-state index contributed by atoms with van der Waals surface area (Å²) in [7, 11) is 3.46. The first-order valence-electron chi connectivity index (χ1n) is 6.95. The van der Waals surface area contributed by atoms with Crippen molar-refractivity contribution in [3.8, 4) is 0 Å². The Labute approximate surface area is 115 Å². The highest BCUT2D eigenvalue weighted by atomic mass is 16.7. The summed E-state index contributed by atoms with van der Waals surface area (Å²) in [5.41, 5.74) is 1.35. The molecule has 1 saturated heterocycles. The van der Waals surface area contributed by atoms with Crippen molar-refractivity contribution in [2.75, 3.05) is 14.2 Å². The molecule has 1 fully saturated rings. The molecule has 1 aliphatic rings. The molecule has 2 rings (SSSR count). The van der Waals surface area contributed by atoms with Gasteiger partial charge in [0, 0.05) is 27.1 Å². The summed E-state index contributed by atoms with van der Waals surface area (Å²) in [6.45, 7) is 1.99. The zero-order chi connectivity index (χ0) is 13.7. The number of ether oxygens (including phenoxy) is 3. The summed E-state index contributed by atoms with van der Waals surface area (Å²) in [5, 5.41) is 0. The molecule has 0 bridgehead atoms. The van der Waals surface area contributed by atoms with E-state index < -0.39 is 5.79 Å². The molecule has 0 radical (unpaired) electrons. The van der Waals surface area contributed by atoms with E-state index in [0.717, 1.165) is 25.7 Å². The van der Waals surface area contributed by atoms with Crippen molar-refractivity contribution in [1.82, 2.24) is 0 Å². The van der Waals surface area contributed by atoms with E-state index in [0.29, 0.717) is 0 Å². The standard InChI is InChI=1S/C16H24O3/c1-16(18-3)12-15(17-2)11-14(19-16)10-9-13-7-5-4-6-8-13/h4-8,14-15H,9-12H2,1-3H3/t14-,15+,16+/m1/s1. The van der Waals surface area contributed by atoms with Gasteiger partial charge in [-0.05, 0) is 25.3 Å². The molecule has 0 aliphatic carbocycles. The predicted molar refractivity (Wildman–Crippen MR) is 75.1 cm³/mol. The maximum atomic E-state index is 6.07. The van der Waals surface area contributed by atoms with Gasteiger partial charge in [0.25, 0.3) is 0 Å². The molecule has 3 nitrogen and oxygen atoms in total. The fraction of sp³-hybridized carbons (Fsp3) is 0.625. The zero-order valence-corrected chi connectivity index (χ0v) is 12.1. The summed E-state index contributed by atoms with van der Waals surface area (Å²) < 4.78 is 17.1. The van der Waals surface area contributed by atoms with Crippen molar-refractivity contribution < 1.29 is 14.2 Å². The van der Waals surface area contributed by atoms with Crippen LogP contribution in [-0.2, 0) is 20.6 Å². The Hall–Kier alpha value is -0.900. The van der Waals surface area contributed by atoms with Crippen LogP contribution in [-0.4, -0.2) is 32.2 Å². The van der Waals surface area contributed by atoms with Crippen molar-refractivity contribution in [2.45, 2.75) is 50.6 Å². The molecule has 1 heterocycles. The third-order valence-corrected chi connectivity index (χ3v) is 3.90. The van der Waals surface area contributed by atoms with Crippen molar-refractivity contribution >= 4 is 0 Å². The summed E-state index contributed by atoms with van der Waals surface area (Å²) in [6, 6.07) is 10.5. The second-order valence-electron chi connectivity index (χ2n) is 5.40. The van der Waals surface area contributed by atoms with E-state index in [4.69, 9.17) is 14.2 Å². The van der Waals surface area contributed by atoms with Gasteiger partial charge in [0.2, 0.25) is 0 Å². The Morgan fingerprint density at radius 1 is 1.26 bits per heavy atom. The minimum atomic E-state index is -0.514. The molecule has 0 saturated carbocycles. The van der Waals surface area contributed by atoms with E-state index in [-0.39, 0.29) is 12.2 Å². The van der Waals surface area contributed by atoms with Crippen LogP contribution in [0.1, 0.15) is 31.7 Å². The Bertz CT molecular complexity index is 379. The minimum absolute atomic E-state index is 0.198. The van der Waals surface area contributed by atoms with E-state index in [1.165, 1.54) is 5.56 Å². The van der Waals surface area contributed by atoms with E-state index in [1.54, 1.807) is 14.2 Å². The van der Waals surface area contributed by atoms with E-state index >= 15 is 0 Å².